The van der Waals surface area contributed by atoms with E-state index in [0.717, 1.165) is 30.3 Å². The Kier molecular flexibility index (Phi) is 3.36. The van der Waals surface area contributed by atoms with Crippen LogP contribution in [-0.2, 0) is 20.7 Å². The van der Waals surface area contributed by atoms with Gasteiger partial charge in [0.15, 0.2) is 0 Å². The van der Waals surface area contributed by atoms with Gasteiger partial charge in [0.2, 0.25) is 5.91 Å². The Morgan fingerprint density at radius 1 is 1.35 bits per heavy atom. The highest BCUT2D eigenvalue weighted by molar-refractivity contribution is 5.97. The Morgan fingerprint density at radius 2 is 2.15 bits per heavy atom. The summed E-state index contributed by atoms with van der Waals surface area (Å²) in [5.74, 6) is 0.687. The number of nitrogens with one attached hydrogen (secondary N) is 1. The number of pyridine rings is 1. The van der Waals surface area contributed by atoms with Crippen LogP contribution in [0, 0.1) is 5.41 Å². The maximum absolute atomic E-state index is 12.3. The third kappa shape index (κ3) is 2.25. The van der Waals surface area contributed by atoms with Gasteiger partial charge in [-0.15, -0.1) is 0 Å². The molecule has 2 aliphatic heterocycles. The quantitative estimate of drug-likeness (QED) is 0.655. The molecule has 2 aliphatic rings. The second-order valence-corrected chi connectivity index (χ2v) is 5.30. The summed E-state index contributed by atoms with van der Waals surface area (Å²) in [5.41, 5.74) is 1.54. The molecule has 0 aromatic carbocycles. The van der Waals surface area contributed by atoms with Crippen LogP contribution < -0.4 is 5.32 Å². The number of rotatable bonds is 2. The van der Waals surface area contributed by atoms with Crippen molar-refractivity contribution in [2.24, 2.45) is 5.41 Å². The molecule has 0 radical (unpaired) electrons. The number of carbonyl (C=O) groups is 2. The summed E-state index contributed by atoms with van der Waals surface area (Å²) in [6.07, 6.45) is 7.72. The summed E-state index contributed by atoms with van der Waals surface area (Å²) in [4.78, 5) is 27.0. The smallest absolute Gasteiger partial charge is 0.232 e. The zero-order chi connectivity index (χ0) is 14.0. The van der Waals surface area contributed by atoms with Crippen molar-refractivity contribution in [2.45, 2.75) is 19.3 Å². The molecule has 1 amide bonds. The Morgan fingerprint density at radius 3 is 2.90 bits per heavy atom. The number of amides is 1. The van der Waals surface area contributed by atoms with Gasteiger partial charge in [0.1, 0.15) is 12.1 Å². The number of hydrogen-bond donors (Lipinski definition) is 1. The van der Waals surface area contributed by atoms with Crippen molar-refractivity contribution < 1.29 is 14.3 Å². The molecule has 1 aromatic heterocycles. The number of aromatic nitrogens is 1. The minimum atomic E-state index is -0.361. The summed E-state index contributed by atoms with van der Waals surface area (Å²) >= 11 is 0. The van der Waals surface area contributed by atoms with Gasteiger partial charge in [0, 0.05) is 19.4 Å². The largest absolute Gasteiger partial charge is 0.381 e. The number of ether oxygens (including phenoxy) is 1. The van der Waals surface area contributed by atoms with E-state index in [4.69, 9.17) is 4.74 Å². The van der Waals surface area contributed by atoms with Gasteiger partial charge in [0.05, 0.1) is 5.41 Å². The molecule has 20 heavy (non-hydrogen) atoms. The van der Waals surface area contributed by atoms with E-state index in [1.54, 1.807) is 12.3 Å². The fraction of sp³-hybridized carbons (Fsp3) is 0.400. The van der Waals surface area contributed by atoms with Gasteiger partial charge in [-0.1, -0.05) is 6.08 Å². The number of carbonyl (C=O) groups excluding carboxylic acids is 2. The Labute approximate surface area is 117 Å². The average molecular weight is 272 g/mol. The number of fused-ring (bicyclic) bond motifs is 1. The molecule has 0 saturated carbocycles. The first-order valence-corrected chi connectivity index (χ1v) is 6.73. The number of anilines is 1. The molecule has 5 nitrogen and oxygen atoms in total. The molecule has 0 atom stereocenters. The Balaban J connectivity index is 1.92. The van der Waals surface area contributed by atoms with Crippen molar-refractivity contribution >= 4 is 24.1 Å². The van der Waals surface area contributed by atoms with E-state index >= 15 is 0 Å². The molecular weight excluding hydrogens is 256 g/mol. The lowest BCUT2D eigenvalue weighted by atomic mass is 9.72. The number of aldehydes is 1. The van der Waals surface area contributed by atoms with Crippen LogP contribution in [0.2, 0.25) is 0 Å². The lowest BCUT2D eigenvalue weighted by Crippen LogP contribution is -2.45. The van der Waals surface area contributed by atoms with Gasteiger partial charge >= 0.3 is 0 Å². The zero-order valence-electron chi connectivity index (χ0n) is 11.1. The zero-order valence-corrected chi connectivity index (χ0v) is 11.1. The van der Waals surface area contributed by atoms with E-state index in [1.807, 2.05) is 6.07 Å². The average Bonchev–Trinajstić information content (AvgIpc) is 2.47. The van der Waals surface area contributed by atoms with Crippen LogP contribution in [0.4, 0.5) is 5.82 Å². The highest BCUT2D eigenvalue weighted by Gasteiger charge is 2.43. The van der Waals surface area contributed by atoms with Gasteiger partial charge < -0.3 is 10.1 Å². The summed E-state index contributed by atoms with van der Waals surface area (Å²) in [6.45, 7) is 1.25. The molecule has 0 bridgehead atoms. The summed E-state index contributed by atoms with van der Waals surface area (Å²) in [6, 6.07) is 1.99. The predicted molar refractivity (Wildman–Crippen MR) is 74.2 cm³/mol. The number of allylic oxidation sites excluding steroid dienone is 1. The third-order valence-electron chi connectivity index (χ3n) is 4.05. The second-order valence-electron chi connectivity index (χ2n) is 5.30. The van der Waals surface area contributed by atoms with Crippen molar-refractivity contribution in [1.29, 1.82) is 0 Å². The van der Waals surface area contributed by atoms with Crippen LogP contribution in [0.3, 0.4) is 0 Å². The Hall–Kier alpha value is -2.01. The third-order valence-corrected chi connectivity index (χ3v) is 4.05. The van der Waals surface area contributed by atoms with E-state index in [0.29, 0.717) is 25.5 Å². The molecule has 0 unspecified atom stereocenters. The summed E-state index contributed by atoms with van der Waals surface area (Å²) < 4.78 is 5.36. The molecule has 1 N–H and O–H groups in total. The van der Waals surface area contributed by atoms with E-state index in [2.05, 4.69) is 10.3 Å². The first-order valence-electron chi connectivity index (χ1n) is 6.73. The topological polar surface area (TPSA) is 68.3 Å². The fourth-order valence-electron chi connectivity index (χ4n) is 2.87. The van der Waals surface area contributed by atoms with Crippen LogP contribution in [-0.4, -0.2) is 30.4 Å². The lowest BCUT2D eigenvalue weighted by molar-refractivity contribution is -0.131. The molecular formula is C15H16N2O3. The Bertz CT molecular complexity index is 574. The highest BCUT2D eigenvalue weighted by atomic mass is 16.5. The monoisotopic (exact) mass is 272 g/mol. The van der Waals surface area contributed by atoms with Crippen molar-refractivity contribution in [3.05, 3.63) is 29.5 Å². The SMILES string of the molecule is O=C/C=C/c1cnc2c(c1)CC1(CCOCC1)C(=O)N2. The van der Waals surface area contributed by atoms with E-state index < -0.39 is 0 Å². The minimum Gasteiger partial charge on any atom is -0.381 e. The second kappa shape index (κ2) is 5.17. The molecule has 1 saturated heterocycles. The van der Waals surface area contributed by atoms with E-state index in [9.17, 15) is 9.59 Å². The predicted octanol–water partition coefficient (Wildman–Crippen LogP) is 1.59. The number of hydrogen-bond acceptors (Lipinski definition) is 4. The molecule has 5 heteroatoms. The summed E-state index contributed by atoms with van der Waals surface area (Å²) in [5, 5.41) is 2.90. The van der Waals surface area contributed by atoms with Gasteiger partial charge in [-0.25, -0.2) is 4.98 Å². The normalized spacial score (nSPS) is 20.7. The lowest BCUT2D eigenvalue weighted by Gasteiger charge is -2.39. The van der Waals surface area contributed by atoms with Crippen LogP contribution in [0.1, 0.15) is 24.0 Å². The van der Waals surface area contributed by atoms with Gasteiger partial charge in [0.25, 0.3) is 0 Å². The standard InChI is InChI=1S/C15H16N2O3/c18-5-1-2-11-8-12-9-15(3-6-20-7-4-15)14(19)17-13(12)16-10-11/h1-2,5,8,10H,3-4,6-7,9H2,(H,16,17,19)/b2-1+. The molecule has 0 aliphatic carbocycles. The minimum absolute atomic E-state index is 0.0528. The van der Waals surface area contributed by atoms with Crippen LogP contribution >= 0.6 is 0 Å². The molecule has 1 aromatic rings. The molecule has 1 spiro atoms. The highest BCUT2D eigenvalue weighted by Crippen LogP contribution is 2.40. The maximum Gasteiger partial charge on any atom is 0.232 e. The molecule has 1 fully saturated rings. The van der Waals surface area contributed by atoms with Crippen molar-refractivity contribution in [3.8, 4) is 0 Å². The van der Waals surface area contributed by atoms with Crippen LogP contribution in [0.25, 0.3) is 6.08 Å². The number of nitrogens with zero attached hydrogens (tertiary/aromatic N) is 1. The molecule has 3 rings (SSSR count). The van der Waals surface area contributed by atoms with Crippen LogP contribution in [0.5, 0.6) is 0 Å². The fourth-order valence-corrected chi connectivity index (χ4v) is 2.87. The molecule has 3 heterocycles. The van der Waals surface area contributed by atoms with Crippen molar-refractivity contribution in [3.63, 3.8) is 0 Å². The van der Waals surface area contributed by atoms with Gasteiger partial charge in [-0.3, -0.25) is 9.59 Å². The first-order chi connectivity index (χ1) is 9.73. The maximum atomic E-state index is 12.3. The molecule has 104 valence electrons. The summed E-state index contributed by atoms with van der Waals surface area (Å²) in [7, 11) is 0. The van der Waals surface area contributed by atoms with E-state index in [-0.39, 0.29) is 11.3 Å². The van der Waals surface area contributed by atoms with Crippen LogP contribution in [0.15, 0.2) is 18.3 Å². The van der Waals surface area contributed by atoms with Crippen molar-refractivity contribution in [2.75, 3.05) is 18.5 Å². The van der Waals surface area contributed by atoms with Gasteiger partial charge in [-0.05, 0) is 42.5 Å². The first kappa shape index (κ1) is 13.0. The van der Waals surface area contributed by atoms with E-state index in [1.165, 1.54) is 6.08 Å². The van der Waals surface area contributed by atoms with Crippen molar-refractivity contribution in [1.82, 2.24) is 4.98 Å². The van der Waals surface area contributed by atoms with Gasteiger partial charge in [-0.2, -0.15) is 0 Å².